The van der Waals surface area contributed by atoms with Crippen molar-refractivity contribution in [2.24, 2.45) is 5.92 Å². The van der Waals surface area contributed by atoms with Gasteiger partial charge in [-0.3, -0.25) is 4.79 Å². The SMILES string of the molecule is O=C(O)C1CCC1NCc1ccc(C(F)(F)F)cc1. The van der Waals surface area contributed by atoms with Crippen molar-refractivity contribution in [3.8, 4) is 0 Å². The number of hydrogen-bond donors (Lipinski definition) is 2. The van der Waals surface area contributed by atoms with E-state index in [2.05, 4.69) is 5.32 Å². The van der Waals surface area contributed by atoms with Crippen molar-refractivity contribution >= 4 is 5.97 Å². The van der Waals surface area contributed by atoms with Crippen molar-refractivity contribution in [3.05, 3.63) is 35.4 Å². The van der Waals surface area contributed by atoms with Gasteiger partial charge in [-0.2, -0.15) is 13.2 Å². The van der Waals surface area contributed by atoms with Crippen LogP contribution in [0.1, 0.15) is 24.0 Å². The summed E-state index contributed by atoms with van der Waals surface area (Å²) < 4.78 is 37.1. The minimum absolute atomic E-state index is 0.0835. The molecular formula is C13H14F3NO2. The molecule has 2 rings (SSSR count). The van der Waals surface area contributed by atoms with Gasteiger partial charge in [-0.15, -0.1) is 0 Å². The van der Waals surface area contributed by atoms with Crippen LogP contribution in [0.2, 0.25) is 0 Å². The van der Waals surface area contributed by atoms with E-state index in [1.807, 2.05) is 0 Å². The molecule has 1 aromatic rings. The maximum Gasteiger partial charge on any atom is 0.416 e. The number of hydrogen-bond acceptors (Lipinski definition) is 2. The van der Waals surface area contributed by atoms with E-state index in [4.69, 9.17) is 5.11 Å². The van der Waals surface area contributed by atoms with Crippen molar-refractivity contribution in [1.29, 1.82) is 0 Å². The fraction of sp³-hybridized carbons (Fsp3) is 0.462. The predicted octanol–water partition coefficient (Wildman–Crippen LogP) is 2.66. The summed E-state index contributed by atoms with van der Waals surface area (Å²) in [6.07, 6.45) is -2.88. The van der Waals surface area contributed by atoms with E-state index in [0.29, 0.717) is 18.5 Å². The van der Waals surface area contributed by atoms with Crippen molar-refractivity contribution in [3.63, 3.8) is 0 Å². The van der Waals surface area contributed by atoms with Gasteiger partial charge in [-0.1, -0.05) is 12.1 Å². The van der Waals surface area contributed by atoms with Gasteiger partial charge in [-0.25, -0.2) is 0 Å². The molecule has 1 aliphatic carbocycles. The van der Waals surface area contributed by atoms with Crippen molar-refractivity contribution in [2.45, 2.75) is 31.6 Å². The van der Waals surface area contributed by atoms with Gasteiger partial charge in [0.2, 0.25) is 0 Å². The summed E-state index contributed by atoms with van der Waals surface area (Å²) in [7, 11) is 0. The summed E-state index contributed by atoms with van der Waals surface area (Å²) in [5.41, 5.74) is 0.0346. The van der Waals surface area contributed by atoms with Gasteiger partial charge in [0, 0.05) is 12.6 Å². The topological polar surface area (TPSA) is 49.3 Å². The van der Waals surface area contributed by atoms with Crippen LogP contribution in [0.3, 0.4) is 0 Å². The normalized spacial score (nSPS) is 22.9. The number of benzene rings is 1. The maximum absolute atomic E-state index is 12.4. The zero-order chi connectivity index (χ0) is 14.0. The van der Waals surface area contributed by atoms with Gasteiger partial charge >= 0.3 is 12.1 Å². The molecular weight excluding hydrogens is 259 g/mol. The van der Waals surface area contributed by atoms with E-state index >= 15 is 0 Å². The highest BCUT2D eigenvalue weighted by molar-refractivity contribution is 5.72. The maximum atomic E-state index is 12.4. The molecule has 0 amide bonds. The highest BCUT2D eigenvalue weighted by Gasteiger charge is 2.36. The summed E-state index contributed by atoms with van der Waals surface area (Å²) in [6, 6.07) is 4.80. The molecule has 0 heterocycles. The van der Waals surface area contributed by atoms with Crippen LogP contribution in [-0.4, -0.2) is 17.1 Å². The van der Waals surface area contributed by atoms with Gasteiger partial charge < -0.3 is 10.4 Å². The van der Waals surface area contributed by atoms with Gasteiger partial charge in [0.1, 0.15) is 0 Å². The lowest BCUT2D eigenvalue weighted by Gasteiger charge is -2.34. The molecule has 1 saturated carbocycles. The summed E-state index contributed by atoms with van der Waals surface area (Å²) >= 11 is 0. The predicted molar refractivity (Wildman–Crippen MR) is 62.4 cm³/mol. The molecule has 2 N–H and O–H groups in total. The zero-order valence-corrected chi connectivity index (χ0v) is 10.1. The number of alkyl halides is 3. The number of carboxylic acid groups (broad SMARTS) is 1. The molecule has 3 nitrogen and oxygen atoms in total. The van der Waals surface area contributed by atoms with Crippen molar-refractivity contribution in [1.82, 2.24) is 5.32 Å². The van der Waals surface area contributed by atoms with Crippen LogP contribution >= 0.6 is 0 Å². The number of rotatable bonds is 4. The van der Waals surface area contributed by atoms with Gasteiger partial charge in [0.25, 0.3) is 0 Å². The van der Waals surface area contributed by atoms with Crippen molar-refractivity contribution < 1.29 is 23.1 Å². The standard InChI is InChI=1S/C13H14F3NO2/c14-13(15,16)9-3-1-8(2-4-9)7-17-11-6-5-10(11)12(18)19/h1-4,10-11,17H,5-7H2,(H,18,19). The Balaban J connectivity index is 1.89. The van der Waals surface area contributed by atoms with Crippen molar-refractivity contribution in [2.75, 3.05) is 0 Å². The third-order valence-electron chi connectivity index (χ3n) is 3.44. The second-order valence-corrected chi connectivity index (χ2v) is 4.70. The third-order valence-corrected chi connectivity index (χ3v) is 3.44. The average molecular weight is 273 g/mol. The van der Waals surface area contributed by atoms with E-state index in [0.717, 1.165) is 18.6 Å². The fourth-order valence-electron chi connectivity index (χ4n) is 2.10. The smallest absolute Gasteiger partial charge is 0.416 e. The Kier molecular flexibility index (Phi) is 3.80. The number of carboxylic acids is 1. The molecule has 0 aliphatic heterocycles. The molecule has 0 bridgehead atoms. The number of halogens is 3. The molecule has 0 aromatic heterocycles. The summed E-state index contributed by atoms with van der Waals surface area (Å²) in [5.74, 6) is -1.20. The van der Waals surface area contributed by atoms with Crippen LogP contribution < -0.4 is 5.32 Å². The fourth-order valence-corrected chi connectivity index (χ4v) is 2.10. The highest BCUT2D eigenvalue weighted by atomic mass is 19.4. The third kappa shape index (κ3) is 3.26. The molecule has 1 fully saturated rings. The molecule has 6 heteroatoms. The quantitative estimate of drug-likeness (QED) is 0.886. The lowest BCUT2D eigenvalue weighted by atomic mass is 9.79. The molecule has 0 radical (unpaired) electrons. The van der Waals surface area contributed by atoms with E-state index in [1.54, 1.807) is 0 Å². The molecule has 0 saturated heterocycles. The number of aliphatic carboxylic acids is 1. The van der Waals surface area contributed by atoms with Crippen LogP contribution in [-0.2, 0) is 17.5 Å². The largest absolute Gasteiger partial charge is 0.481 e. The Bertz CT molecular complexity index is 456. The molecule has 0 spiro atoms. The lowest BCUT2D eigenvalue weighted by Crippen LogP contribution is -2.47. The molecule has 2 atom stereocenters. The van der Waals surface area contributed by atoms with Gasteiger partial charge in [-0.05, 0) is 30.5 Å². The molecule has 2 unspecified atom stereocenters. The van der Waals surface area contributed by atoms with E-state index in [1.165, 1.54) is 12.1 Å². The van der Waals surface area contributed by atoms with Gasteiger partial charge in [0.15, 0.2) is 0 Å². The van der Waals surface area contributed by atoms with Crippen LogP contribution in [0.5, 0.6) is 0 Å². The first-order valence-corrected chi connectivity index (χ1v) is 6.00. The van der Waals surface area contributed by atoms with Crippen LogP contribution in [0.15, 0.2) is 24.3 Å². The average Bonchev–Trinajstić information content (AvgIpc) is 2.26. The van der Waals surface area contributed by atoms with Crippen LogP contribution in [0.4, 0.5) is 13.2 Å². The second-order valence-electron chi connectivity index (χ2n) is 4.70. The summed E-state index contributed by atoms with van der Waals surface area (Å²) in [4.78, 5) is 10.8. The molecule has 104 valence electrons. The first-order valence-electron chi connectivity index (χ1n) is 6.00. The Morgan fingerprint density at radius 3 is 2.32 bits per heavy atom. The monoisotopic (exact) mass is 273 g/mol. The Labute approximate surface area is 108 Å². The minimum atomic E-state index is -4.33. The lowest BCUT2D eigenvalue weighted by molar-refractivity contribution is -0.146. The first-order chi connectivity index (χ1) is 8.88. The number of carbonyl (C=O) groups is 1. The molecule has 1 aromatic carbocycles. The number of nitrogens with one attached hydrogen (secondary N) is 1. The van der Waals surface area contributed by atoms with E-state index in [-0.39, 0.29) is 12.0 Å². The zero-order valence-electron chi connectivity index (χ0n) is 10.1. The highest BCUT2D eigenvalue weighted by Crippen LogP contribution is 2.30. The Morgan fingerprint density at radius 2 is 1.89 bits per heavy atom. The van der Waals surface area contributed by atoms with Gasteiger partial charge in [0.05, 0.1) is 11.5 Å². The van der Waals surface area contributed by atoms with Crippen LogP contribution in [0, 0.1) is 5.92 Å². The summed E-state index contributed by atoms with van der Waals surface area (Å²) in [5, 5.41) is 11.9. The summed E-state index contributed by atoms with van der Waals surface area (Å²) in [6.45, 7) is 0.382. The van der Waals surface area contributed by atoms with Crippen LogP contribution in [0.25, 0.3) is 0 Å². The minimum Gasteiger partial charge on any atom is -0.481 e. The molecule has 19 heavy (non-hydrogen) atoms. The first kappa shape index (κ1) is 13.9. The Hall–Kier alpha value is -1.56. The molecule has 1 aliphatic rings. The second kappa shape index (κ2) is 5.21. The van der Waals surface area contributed by atoms with E-state index < -0.39 is 17.7 Å². The van der Waals surface area contributed by atoms with E-state index in [9.17, 15) is 18.0 Å². The Morgan fingerprint density at radius 1 is 1.26 bits per heavy atom.